The number of carbonyl (C=O) groups is 2. The van der Waals surface area contributed by atoms with Gasteiger partial charge in [0.1, 0.15) is 16.5 Å². The Morgan fingerprint density at radius 2 is 1.93 bits per heavy atom. The molecule has 0 unspecified atom stereocenters. The first-order valence-corrected chi connectivity index (χ1v) is 10.1. The highest BCUT2D eigenvalue weighted by Gasteiger charge is 2.14. The van der Waals surface area contributed by atoms with Crippen molar-refractivity contribution in [2.24, 2.45) is 0 Å². The standard InChI is InChI=1S/C18H17FN4O3S2/c1-9-10(2)28-18-16(9)17(26)20-13(21-18)7-14(24)22-23-15(25)8-27-12-6-4-3-5-11(12)19/h3-6H,7-8H2,1-2H3,(H,22,24)(H,23,25)(H,20,21,26). The minimum Gasteiger partial charge on any atom is -0.309 e. The highest BCUT2D eigenvalue weighted by Crippen LogP contribution is 2.25. The van der Waals surface area contributed by atoms with Gasteiger partial charge in [-0.2, -0.15) is 0 Å². The fourth-order valence-corrected chi connectivity index (χ4v) is 4.25. The number of thiophene rings is 1. The van der Waals surface area contributed by atoms with Crippen LogP contribution in [0, 0.1) is 19.7 Å². The van der Waals surface area contributed by atoms with Gasteiger partial charge in [-0.15, -0.1) is 23.1 Å². The summed E-state index contributed by atoms with van der Waals surface area (Å²) < 4.78 is 13.5. The average Bonchev–Trinajstić information content (AvgIpc) is 2.93. The van der Waals surface area contributed by atoms with Crippen LogP contribution in [0.15, 0.2) is 34.0 Å². The van der Waals surface area contributed by atoms with E-state index in [4.69, 9.17) is 0 Å². The number of nitrogens with zero attached hydrogens (tertiary/aromatic N) is 1. The van der Waals surface area contributed by atoms with E-state index in [1.165, 1.54) is 17.4 Å². The smallest absolute Gasteiger partial charge is 0.259 e. The molecule has 7 nitrogen and oxygen atoms in total. The molecule has 0 bridgehead atoms. The monoisotopic (exact) mass is 420 g/mol. The summed E-state index contributed by atoms with van der Waals surface area (Å²) in [5.74, 6) is -1.27. The first-order chi connectivity index (χ1) is 13.3. The second-order valence-corrected chi connectivity index (χ2v) is 8.19. The highest BCUT2D eigenvalue weighted by molar-refractivity contribution is 8.00. The summed E-state index contributed by atoms with van der Waals surface area (Å²) in [6, 6.07) is 6.11. The van der Waals surface area contributed by atoms with Gasteiger partial charge in [0.05, 0.1) is 17.6 Å². The quantitative estimate of drug-likeness (QED) is 0.434. The Bertz CT molecular complexity index is 1110. The molecule has 2 heterocycles. The Labute approximate surface area is 167 Å². The van der Waals surface area contributed by atoms with Crippen LogP contribution in [0.5, 0.6) is 0 Å². The first-order valence-electron chi connectivity index (χ1n) is 8.29. The van der Waals surface area contributed by atoms with E-state index in [9.17, 15) is 18.8 Å². The third-order valence-corrected chi connectivity index (χ3v) is 6.10. The van der Waals surface area contributed by atoms with Gasteiger partial charge in [0, 0.05) is 9.77 Å². The number of aromatic amines is 1. The Hall–Kier alpha value is -2.72. The van der Waals surface area contributed by atoms with Gasteiger partial charge in [-0.1, -0.05) is 12.1 Å². The molecule has 0 aliphatic carbocycles. The van der Waals surface area contributed by atoms with Crippen molar-refractivity contribution in [2.75, 3.05) is 5.75 Å². The zero-order valence-corrected chi connectivity index (χ0v) is 16.7. The van der Waals surface area contributed by atoms with E-state index in [-0.39, 0.29) is 23.6 Å². The predicted octanol–water partition coefficient (Wildman–Crippen LogP) is 2.22. The SMILES string of the molecule is Cc1sc2nc(CC(=O)NNC(=O)CSc3ccccc3F)[nH]c(=O)c2c1C. The zero-order chi connectivity index (χ0) is 20.3. The lowest BCUT2D eigenvalue weighted by atomic mass is 10.2. The molecule has 3 rings (SSSR count). The summed E-state index contributed by atoms with van der Waals surface area (Å²) in [7, 11) is 0. The van der Waals surface area contributed by atoms with E-state index in [2.05, 4.69) is 20.8 Å². The van der Waals surface area contributed by atoms with E-state index < -0.39 is 17.6 Å². The third kappa shape index (κ3) is 4.57. The maximum Gasteiger partial charge on any atom is 0.259 e. The number of nitrogens with one attached hydrogen (secondary N) is 3. The number of hydrogen-bond donors (Lipinski definition) is 3. The van der Waals surface area contributed by atoms with Crippen LogP contribution in [0.25, 0.3) is 10.2 Å². The van der Waals surface area contributed by atoms with E-state index in [1.54, 1.807) is 18.2 Å². The molecule has 0 atom stereocenters. The van der Waals surface area contributed by atoms with Crippen molar-refractivity contribution < 1.29 is 14.0 Å². The van der Waals surface area contributed by atoms with Gasteiger partial charge >= 0.3 is 0 Å². The number of aromatic nitrogens is 2. The van der Waals surface area contributed by atoms with Crippen LogP contribution >= 0.6 is 23.1 Å². The number of hydrogen-bond acceptors (Lipinski definition) is 6. The van der Waals surface area contributed by atoms with Gasteiger partial charge < -0.3 is 4.98 Å². The second kappa shape index (κ2) is 8.53. The number of rotatable bonds is 5. The number of halogens is 1. The van der Waals surface area contributed by atoms with Crippen LogP contribution in [0.3, 0.4) is 0 Å². The molecule has 0 fully saturated rings. The van der Waals surface area contributed by atoms with Crippen molar-refractivity contribution >= 4 is 45.1 Å². The Balaban J connectivity index is 1.54. The molecule has 28 heavy (non-hydrogen) atoms. The van der Waals surface area contributed by atoms with Crippen molar-refractivity contribution in [3.8, 4) is 0 Å². The molecule has 3 N–H and O–H groups in total. The number of H-pyrrole nitrogens is 1. The predicted molar refractivity (Wildman–Crippen MR) is 107 cm³/mol. The summed E-state index contributed by atoms with van der Waals surface area (Å²) in [6.45, 7) is 3.76. The van der Waals surface area contributed by atoms with Gasteiger partial charge in [-0.25, -0.2) is 9.37 Å². The van der Waals surface area contributed by atoms with Crippen molar-refractivity contribution in [2.45, 2.75) is 25.2 Å². The fourth-order valence-electron chi connectivity index (χ4n) is 2.46. The zero-order valence-electron chi connectivity index (χ0n) is 15.1. The van der Waals surface area contributed by atoms with E-state index in [1.807, 2.05) is 13.8 Å². The van der Waals surface area contributed by atoms with Crippen molar-refractivity contribution in [1.82, 2.24) is 20.8 Å². The summed E-state index contributed by atoms with van der Waals surface area (Å²) in [4.78, 5) is 44.9. The Morgan fingerprint density at radius 1 is 1.21 bits per heavy atom. The van der Waals surface area contributed by atoms with Gasteiger partial charge in [-0.3, -0.25) is 25.2 Å². The lowest BCUT2D eigenvalue weighted by Crippen LogP contribution is -2.43. The molecule has 0 aliphatic heterocycles. The lowest BCUT2D eigenvalue weighted by molar-refractivity contribution is -0.127. The molecule has 0 saturated carbocycles. The number of aryl methyl sites for hydroxylation is 2. The number of fused-ring (bicyclic) bond motifs is 1. The van der Waals surface area contributed by atoms with Crippen molar-refractivity contribution in [3.63, 3.8) is 0 Å². The first kappa shape index (κ1) is 20.0. The van der Waals surface area contributed by atoms with Gasteiger partial charge in [-0.05, 0) is 31.5 Å². The molecule has 0 spiro atoms. The number of carbonyl (C=O) groups excluding carboxylic acids is 2. The van der Waals surface area contributed by atoms with Crippen LogP contribution < -0.4 is 16.4 Å². The Kier molecular flexibility index (Phi) is 6.10. The number of hydrazine groups is 1. The van der Waals surface area contributed by atoms with Crippen molar-refractivity contribution in [1.29, 1.82) is 0 Å². The molecule has 10 heteroatoms. The largest absolute Gasteiger partial charge is 0.309 e. The molecular weight excluding hydrogens is 403 g/mol. The van der Waals surface area contributed by atoms with Crippen LogP contribution in [0.4, 0.5) is 4.39 Å². The normalized spacial score (nSPS) is 10.8. The van der Waals surface area contributed by atoms with Crippen LogP contribution in [0.1, 0.15) is 16.3 Å². The van der Waals surface area contributed by atoms with Crippen molar-refractivity contribution in [3.05, 3.63) is 56.7 Å². The molecule has 1 aromatic carbocycles. The molecule has 3 aromatic rings. The highest BCUT2D eigenvalue weighted by atomic mass is 32.2. The summed E-state index contributed by atoms with van der Waals surface area (Å²) >= 11 is 2.41. The fraction of sp³-hybridized carbons (Fsp3) is 0.222. The van der Waals surface area contributed by atoms with E-state index in [0.717, 1.165) is 22.2 Å². The molecular formula is C18H17FN4O3S2. The summed E-state index contributed by atoms with van der Waals surface area (Å²) in [6.07, 6.45) is -0.193. The molecule has 0 aliphatic rings. The topological polar surface area (TPSA) is 104 Å². The second-order valence-electron chi connectivity index (χ2n) is 5.97. The number of thioether (sulfide) groups is 1. The maximum atomic E-state index is 13.5. The van der Waals surface area contributed by atoms with Crippen LogP contribution in [-0.4, -0.2) is 27.5 Å². The van der Waals surface area contributed by atoms with Crippen LogP contribution in [0.2, 0.25) is 0 Å². The van der Waals surface area contributed by atoms with Crippen LogP contribution in [-0.2, 0) is 16.0 Å². The van der Waals surface area contributed by atoms with Gasteiger partial charge in [0.25, 0.3) is 5.56 Å². The van der Waals surface area contributed by atoms with Gasteiger partial charge in [0.2, 0.25) is 11.8 Å². The lowest BCUT2D eigenvalue weighted by Gasteiger charge is -2.07. The molecule has 2 aromatic heterocycles. The van der Waals surface area contributed by atoms with E-state index in [0.29, 0.717) is 15.1 Å². The molecule has 146 valence electrons. The van der Waals surface area contributed by atoms with E-state index >= 15 is 0 Å². The molecule has 0 radical (unpaired) electrons. The summed E-state index contributed by atoms with van der Waals surface area (Å²) in [5, 5.41) is 0.533. The summed E-state index contributed by atoms with van der Waals surface area (Å²) in [5.41, 5.74) is 5.11. The Morgan fingerprint density at radius 3 is 2.68 bits per heavy atom. The number of benzene rings is 1. The average molecular weight is 420 g/mol. The minimum atomic E-state index is -0.531. The minimum absolute atomic E-state index is 0.0595. The maximum absolute atomic E-state index is 13.5. The number of amides is 2. The molecule has 0 saturated heterocycles. The third-order valence-electron chi connectivity index (χ3n) is 3.95. The molecule has 2 amide bonds. The van der Waals surface area contributed by atoms with Gasteiger partial charge in [0.15, 0.2) is 0 Å².